The fourth-order valence-electron chi connectivity index (χ4n) is 1.29. The molecule has 0 aliphatic carbocycles. The Kier molecular flexibility index (Phi) is 4.89. The maximum absolute atomic E-state index is 10.9. The molecule has 5 nitrogen and oxygen atoms in total. The molecular weight excluding hydrogens is 309 g/mol. The highest BCUT2D eigenvalue weighted by atomic mass is 32.1. The Morgan fingerprint density at radius 1 is 1.24 bits per heavy atom. The van der Waals surface area contributed by atoms with E-state index in [0.29, 0.717) is 5.01 Å². The summed E-state index contributed by atoms with van der Waals surface area (Å²) in [6, 6.07) is 4.02. The maximum atomic E-state index is 10.9. The van der Waals surface area contributed by atoms with Crippen molar-refractivity contribution in [3.8, 4) is 0 Å². The van der Waals surface area contributed by atoms with Gasteiger partial charge in [-0.25, -0.2) is 9.78 Å². The van der Waals surface area contributed by atoms with Crippen molar-refractivity contribution in [1.82, 2.24) is 4.98 Å². The number of halogens is 3. The molecular formula is C12H11F3N2O3S. The Labute approximate surface area is 121 Å². The van der Waals surface area contributed by atoms with E-state index in [1.165, 1.54) is 22.5 Å². The SMILES string of the molecule is Cc1cc2nc(C(N)=O)sc2cc1C.O=C(O)C(F)(F)F. The van der Waals surface area contributed by atoms with Crippen LogP contribution < -0.4 is 5.73 Å². The normalized spacial score (nSPS) is 10.9. The van der Waals surface area contributed by atoms with E-state index in [2.05, 4.69) is 4.98 Å². The Balaban J connectivity index is 0.000000270. The quantitative estimate of drug-likeness (QED) is 0.844. The summed E-state index contributed by atoms with van der Waals surface area (Å²) in [5, 5.41) is 7.50. The van der Waals surface area contributed by atoms with Crippen LogP contribution in [0, 0.1) is 13.8 Å². The summed E-state index contributed by atoms with van der Waals surface area (Å²) in [4.78, 5) is 24.0. The Morgan fingerprint density at radius 3 is 2.14 bits per heavy atom. The molecule has 0 radical (unpaired) electrons. The number of benzene rings is 1. The number of carbonyl (C=O) groups is 2. The number of nitrogens with two attached hydrogens (primary N) is 1. The van der Waals surface area contributed by atoms with Crippen LogP contribution in [0.5, 0.6) is 0 Å². The number of thiazole rings is 1. The minimum atomic E-state index is -5.08. The van der Waals surface area contributed by atoms with Gasteiger partial charge in [0.25, 0.3) is 5.91 Å². The van der Waals surface area contributed by atoms with Crippen molar-refractivity contribution in [1.29, 1.82) is 0 Å². The van der Waals surface area contributed by atoms with E-state index in [1.54, 1.807) is 0 Å². The maximum Gasteiger partial charge on any atom is 0.490 e. The third kappa shape index (κ3) is 4.42. The number of aliphatic carboxylic acids is 1. The smallest absolute Gasteiger partial charge is 0.475 e. The Hall–Kier alpha value is -2.16. The first-order valence-corrected chi connectivity index (χ1v) is 6.31. The number of amides is 1. The van der Waals surface area contributed by atoms with E-state index in [1.807, 2.05) is 26.0 Å². The van der Waals surface area contributed by atoms with Crippen molar-refractivity contribution < 1.29 is 27.9 Å². The monoisotopic (exact) mass is 320 g/mol. The van der Waals surface area contributed by atoms with Gasteiger partial charge >= 0.3 is 12.1 Å². The second-order valence-corrected chi connectivity index (χ2v) is 5.12. The third-order valence-electron chi connectivity index (χ3n) is 2.46. The lowest BCUT2D eigenvalue weighted by atomic mass is 10.1. The second kappa shape index (κ2) is 6.08. The van der Waals surface area contributed by atoms with Crippen LogP contribution >= 0.6 is 11.3 Å². The van der Waals surface area contributed by atoms with Gasteiger partial charge in [-0.1, -0.05) is 0 Å². The largest absolute Gasteiger partial charge is 0.490 e. The first-order valence-electron chi connectivity index (χ1n) is 5.50. The predicted octanol–water partition coefficient (Wildman–Crippen LogP) is 2.65. The zero-order chi connectivity index (χ0) is 16.4. The summed E-state index contributed by atoms with van der Waals surface area (Å²) in [6.45, 7) is 4.07. The molecule has 0 aliphatic heterocycles. The van der Waals surface area contributed by atoms with E-state index < -0.39 is 18.1 Å². The molecule has 0 bridgehead atoms. The Morgan fingerprint density at radius 2 is 1.71 bits per heavy atom. The number of aromatic nitrogens is 1. The molecule has 0 spiro atoms. The molecule has 1 heterocycles. The first-order chi connectivity index (χ1) is 9.52. The average Bonchev–Trinajstić information content (AvgIpc) is 2.72. The minimum absolute atomic E-state index is 0.380. The molecule has 0 fully saturated rings. The average molecular weight is 320 g/mol. The number of carboxylic acids is 1. The molecule has 114 valence electrons. The van der Waals surface area contributed by atoms with Crippen molar-refractivity contribution in [3.63, 3.8) is 0 Å². The molecule has 0 unspecified atom stereocenters. The molecule has 2 rings (SSSR count). The third-order valence-corrected chi connectivity index (χ3v) is 3.49. The van der Waals surface area contributed by atoms with Crippen LogP contribution in [0.3, 0.4) is 0 Å². The number of nitrogens with zero attached hydrogens (tertiary/aromatic N) is 1. The highest BCUT2D eigenvalue weighted by molar-refractivity contribution is 7.20. The first kappa shape index (κ1) is 16.9. The second-order valence-electron chi connectivity index (χ2n) is 4.09. The van der Waals surface area contributed by atoms with Crippen molar-refractivity contribution in [2.45, 2.75) is 20.0 Å². The number of rotatable bonds is 1. The van der Waals surface area contributed by atoms with Crippen LogP contribution in [0.1, 0.15) is 20.9 Å². The van der Waals surface area contributed by atoms with Crippen LogP contribution in [0.25, 0.3) is 10.2 Å². The molecule has 9 heteroatoms. The van der Waals surface area contributed by atoms with Gasteiger partial charge in [-0.3, -0.25) is 4.79 Å². The van der Waals surface area contributed by atoms with Gasteiger partial charge in [0.1, 0.15) is 0 Å². The molecule has 1 amide bonds. The summed E-state index contributed by atoms with van der Waals surface area (Å²) < 4.78 is 32.8. The van der Waals surface area contributed by atoms with Crippen molar-refractivity contribution >= 4 is 33.4 Å². The van der Waals surface area contributed by atoms with E-state index in [-0.39, 0.29) is 0 Å². The van der Waals surface area contributed by atoms with Gasteiger partial charge in [0.2, 0.25) is 0 Å². The lowest BCUT2D eigenvalue weighted by molar-refractivity contribution is -0.192. The van der Waals surface area contributed by atoms with Crippen LogP contribution in [-0.4, -0.2) is 28.1 Å². The highest BCUT2D eigenvalue weighted by Gasteiger charge is 2.38. The van der Waals surface area contributed by atoms with Gasteiger partial charge in [-0.15, -0.1) is 11.3 Å². The van der Waals surface area contributed by atoms with Gasteiger partial charge in [0, 0.05) is 0 Å². The molecule has 1 aromatic carbocycles. The molecule has 21 heavy (non-hydrogen) atoms. The van der Waals surface area contributed by atoms with Crippen molar-refractivity contribution in [3.05, 3.63) is 28.3 Å². The van der Waals surface area contributed by atoms with Crippen molar-refractivity contribution in [2.75, 3.05) is 0 Å². The van der Waals surface area contributed by atoms with Gasteiger partial charge in [-0.2, -0.15) is 13.2 Å². The van der Waals surface area contributed by atoms with Gasteiger partial charge in [0.15, 0.2) is 5.01 Å². The minimum Gasteiger partial charge on any atom is -0.475 e. The van der Waals surface area contributed by atoms with Gasteiger partial charge in [-0.05, 0) is 37.1 Å². The lowest BCUT2D eigenvalue weighted by Gasteiger charge is -1.96. The number of fused-ring (bicyclic) bond motifs is 1. The standard InChI is InChI=1S/C10H10N2OS.C2HF3O2/c1-5-3-7-8(4-6(5)2)14-10(12-7)9(11)13;3-2(4,5)1(6)7/h3-4H,1-2H3,(H2,11,13);(H,6,7). The zero-order valence-corrected chi connectivity index (χ0v) is 11.8. The van der Waals surface area contributed by atoms with E-state index >= 15 is 0 Å². The molecule has 1 aromatic heterocycles. The van der Waals surface area contributed by atoms with Crippen LogP contribution in [-0.2, 0) is 4.79 Å². The fourth-order valence-corrected chi connectivity index (χ4v) is 2.18. The molecule has 2 aromatic rings. The molecule has 0 saturated heterocycles. The summed E-state index contributed by atoms with van der Waals surface area (Å²) in [5.74, 6) is -3.21. The number of carboxylic acid groups (broad SMARTS) is 1. The lowest BCUT2D eigenvalue weighted by Crippen LogP contribution is -2.21. The van der Waals surface area contributed by atoms with E-state index in [0.717, 1.165) is 10.2 Å². The van der Waals surface area contributed by atoms with Crippen molar-refractivity contribution in [2.24, 2.45) is 5.73 Å². The number of hydrogen-bond donors (Lipinski definition) is 2. The summed E-state index contributed by atoms with van der Waals surface area (Å²) in [6.07, 6.45) is -5.08. The van der Waals surface area contributed by atoms with Gasteiger partial charge < -0.3 is 10.8 Å². The number of hydrogen-bond acceptors (Lipinski definition) is 4. The number of primary amides is 1. The number of alkyl halides is 3. The Bertz CT molecular complexity index is 656. The summed E-state index contributed by atoms with van der Waals surface area (Å²) >= 11 is 1.34. The van der Waals surface area contributed by atoms with Crippen LogP contribution in [0.2, 0.25) is 0 Å². The zero-order valence-electron chi connectivity index (χ0n) is 11.0. The molecule has 0 atom stereocenters. The number of aryl methyl sites for hydroxylation is 2. The van der Waals surface area contributed by atoms with Crippen LogP contribution in [0.4, 0.5) is 13.2 Å². The molecule has 0 saturated carbocycles. The summed E-state index contributed by atoms with van der Waals surface area (Å²) in [7, 11) is 0. The predicted molar refractivity (Wildman–Crippen MR) is 71.3 cm³/mol. The topological polar surface area (TPSA) is 93.3 Å². The fraction of sp³-hybridized carbons (Fsp3) is 0.250. The van der Waals surface area contributed by atoms with E-state index in [9.17, 15) is 18.0 Å². The molecule has 0 aliphatic rings. The number of carbonyl (C=O) groups excluding carboxylic acids is 1. The highest BCUT2D eigenvalue weighted by Crippen LogP contribution is 2.24. The molecule has 3 N–H and O–H groups in total. The van der Waals surface area contributed by atoms with Crippen LogP contribution in [0.15, 0.2) is 12.1 Å². The summed E-state index contributed by atoms with van der Waals surface area (Å²) in [5.41, 5.74) is 8.40. The van der Waals surface area contributed by atoms with E-state index in [4.69, 9.17) is 15.6 Å². The van der Waals surface area contributed by atoms with Gasteiger partial charge in [0.05, 0.1) is 10.2 Å².